The average Bonchev–Trinajstić information content (AvgIpc) is 2.35. The van der Waals surface area contributed by atoms with Gasteiger partial charge in [0.15, 0.2) is 11.6 Å². The summed E-state index contributed by atoms with van der Waals surface area (Å²) < 4.78 is 19.3. The first-order valence-corrected chi connectivity index (χ1v) is 6.94. The lowest BCUT2D eigenvalue weighted by atomic mass is 10.1. The molecule has 0 fully saturated rings. The quantitative estimate of drug-likeness (QED) is 0.808. The van der Waals surface area contributed by atoms with E-state index in [-0.39, 0.29) is 11.4 Å². The number of aromatic nitrogens is 1. The molecule has 0 bridgehead atoms. The van der Waals surface area contributed by atoms with E-state index in [1.165, 1.54) is 0 Å². The van der Waals surface area contributed by atoms with Crippen LogP contribution < -0.4 is 10.6 Å². The van der Waals surface area contributed by atoms with Gasteiger partial charge in [0.1, 0.15) is 0 Å². The lowest BCUT2D eigenvalue weighted by molar-refractivity contribution is 0.164. The number of nitrogens with zero attached hydrogens (tertiary/aromatic N) is 1. The van der Waals surface area contributed by atoms with E-state index in [4.69, 9.17) is 4.74 Å². The molecule has 1 aromatic rings. The molecular weight excluding hydrogens is 257 g/mol. The van der Waals surface area contributed by atoms with E-state index in [1.807, 2.05) is 6.92 Å². The first-order valence-electron chi connectivity index (χ1n) is 6.94. The van der Waals surface area contributed by atoms with Crippen LogP contribution in [0.3, 0.4) is 0 Å². The molecular formula is C15H26FN3O. The molecule has 20 heavy (non-hydrogen) atoms. The summed E-state index contributed by atoms with van der Waals surface area (Å²) in [6.45, 7) is 9.96. The topological polar surface area (TPSA) is 46.2 Å². The summed E-state index contributed by atoms with van der Waals surface area (Å²) in [5.41, 5.74) is 0.577. The molecule has 4 nitrogen and oxygen atoms in total. The zero-order valence-corrected chi connectivity index (χ0v) is 13.1. The summed E-state index contributed by atoms with van der Waals surface area (Å²) in [5, 5.41) is 6.32. The van der Waals surface area contributed by atoms with Gasteiger partial charge in [-0.25, -0.2) is 9.37 Å². The van der Waals surface area contributed by atoms with Crippen molar-refractivity contribution in [1.29, 1.82) is 0 Å². The minimum atomic E-state index is -0.283. The summed E-state index contributed by atoms with van der Waals surface area (Å²) in [5.74, 6) is 0.326. The van der Waals surface area contributed by atoms with Crippen LogP contribution in [0.2, 0.25) is 0 Å². The Bertz CT molecular complexity index is 418. The van der Waals surface area contributed by atoms with Gasteiger partial charge in [0, 0.05) is 37.5 Å². The Kier molecular flexibility index (Phi) is 6.36. The van der Waals surface area contributed by atoms with Crippen molar-refractivity contribution in [3.8, 4) is 0 Å². The molecule has 0 amide bonds. The van der Waals surface area contributed by atoms with Crippen molar-refractivity contribution in [2.75, 3.05) is 25.6 Å². The highest BCUT2D eigenvalue weighted by molar-refractivity contribution is 5.39. The van der Waals surface area contributed by atoms with E-state index in [9.17, 15) is 4.39 Å². The van der Waals surface area contributed by atoms with Crippen molar-refractivity contribution < 1.29 is 9.13 Å². The van der Waals surface area contributed by atoms with Crippen molar-refractivity contribution in [1.82, 2.24) is 10.3 Å². The highest BCUT2D eigenvalue weighted by atomic mass is 19.1. The van der Waals surface area contributed by atoms with Gasteiger partial charge in [-0.2, -0.15) is 0 Å². The Balaban J connectivity index is 2.65. The summed E-state index contributed by atoms with van der Waals surface area (Å²) in [4.78, 5) is 4.06. The van der Waals surface area contributed by atoms with Gasteiger partial charge in [0.2, 0.25) is 0 Å². The Morgan fingerprint density at radius 2 is 2.10 bits per heavy atom. The summed E-state index contributed by atoms with van der Waals surface area (Å²) in [7, 11) is 1.66. The summed E-state index contributed by atoms with van der Waals surface area (Å²) in [6, 6.07) is 1.71. The van der Waals surface area contributed by atoms with Crippen LogP contribution in [0.25, 0.3) is 0 Å². The molecule has 1 rings (SSSR count). The highest BCUT2D eigenvalue weighted by Gasteiger charge is 2.13. The normalized spacial score (nSPS) is 13.3. The smallest absolute Gasteiger partial charge is 0.169 e. The van der Waals surface area contributed by atoms with Crippen LogP contribution in [0.15, 0.2) is 12.3 Å². The van der Waals surface area contributed by atoms with Crippen LogP contribution in [0, 0.1) is 11.7 Å². The molecule has 0 aliphatic carbocycles. The molecule has 0 saturated heterocycles. The second kappa shape index (κ2) is 7.55. The first kappa shape index (κ1) is 16.9. The SMILES string of the molecule is COCC(C)CNc1nccc(CNC(C)(C)C)c1F. The molecule has 0 saturated carbocycles. The highest BCUT2D eigenvalue weighted by Crippen LogP contribution is 2.16. The first-order chi connectivity index (χ1) is 9.33. The maximum absolute atomic E-state index is 14.3. The van der Waals surface area contributed by atoms with Gasteiger partial charge in [-0.15, -0.1) is 0 Å². The minimum Gasteiger partial charge on any atom is -0.384 e. The number of hydrogen-bond donors (Lipinski definition) is 2. The zero-order chi connectivity index (χ0) is 15.2. The third kappa shape index (κ3) is 5.84. The molecule has 0 radical (unpaired) electrons. The standard InChI is InChI=1S/C15H26FN3O/c1-11(10-20-5)8-18-14-13(16)12(6-7-17-14)9-19-15(2,3)4/h6-7,11,19H,8-10H2,1-5H3,(H,17,18). The van der Waals surface area contributed by atoms with Crippen LogP contribution >= 0.6 is 0 Å². The Hall–Kier alpha value is -1.20. The molecule has 1 unspecified atom stereocenters. The lowest BCUT2D eigenvalue weighted by Gasteiger charge is -2.21. The third-order valence-corrected chi connectivity index (χ3v) is 2.85. The molecule has 2 N–H and O–H groups in total. The number of methoxy groups -OCH3 is 1. The molecule has 0 aliphatic heterocycles. The van der Waals surface area contributed by atoms with Crippen molar-refractivity contribution in [2.45, 2.75) is 39.8 Å². The number of rotatable bonds is 7. The fourth-order valence-electron chi connectivity index (χ4n) is 1.72. The molecule has 1 heterocycles. The summed E-state index contributed by atoms with van der Waals surface area (Å²) >= 11 is 0. The van der Waals surface area contributed by atoms with Crippen LogP contribution in [-0.4, -0.2) is 30.8 Å². The average molecular weight is 283 g/mol. The van der Waals surface area contributed by atoms with Crippen molar-refractivity contribution >= 4 is 5.82 Å². The van der Waals surface area contributed by atoms with Gasteiger partial charge in [-0.05, 0) is 32.8 Å². The largest absolute Gasteiger partial charge is 0.384 e. The molecule has 1 aromatic heterocycles. The number of pyridine rings is 1. The van der Waals surface area contributed by atoms with Crippen molar-refractivity contribution in [3.05, 3.63) is 23.6 Å². The van der Waals surface area contributed by atoms with Crippen LogP contribution in [0.1, 0.15) is 33.3 Å². The maximum atomic E-state index is 14.3. The van der Waals surface area contributed by atoms with Gasteiger partial charge < -0.3 is 15.4 Å². The zero-order valence-electron chi connectivity index (χ0n) is 13.1. The Labute approximate surface area is 121 Å². The molecule has 0 aromatic carbocycles. The van der Waals surface area contributed by atoms with Gasteiger partial charge in [0.05, 0.1) is 6.61 Å². The Morgan fingerprint density at radius 1 is 1.40 bits per heavy atom. The van der Waals surface area contributed by atoms with E-state index in [1.54, 1.807) is 19.4 Å². The fourth-order valence-corrected chi connectivity index (χ4v) is 1.72. The molecule has 0 aliphatic rings. The van der Waals surface area contributed by atoms with Crippen molar-refractivity contribution in [2.24, 2.45) is 5.92 Å². The predicted octanol–water partition coefficient (Wildman–Crippen LogP) is 2.80. The van der Waals surface area contributed by atoms with E-state index in [2.05, 4.69) is 36.4 Å². The van der Waals surface area contributed by atoms with Crippen LogP contribution in [-0.2, 0) is 11.3 Å². The molecule has 5 heteroatoms. The van der Waals surface area contributed by atoms with Crippen LogP contribution in [0.5, 0.6) is 0 Å². The van der Waals surface area contributed by atoms with Crippen molar-refractivity contribution in [3.63, 3.8) is 0 Å². The van der Waals surface area contributed by atoms with Gasteiger partial charge in [-0.3, -0.25) is 0 Å². The second-order valence-corrected chi connectivity index (χ2v) is 6.18. The van der Waals surface area contributed by atoms with E-state index in [0.29, 0.717) is 37.0 Å². The number of ether oxygens (including phenoxy) is 1. The van der Waals surface area contributed by atoms with Crippen LogP contribution in [0.4, 0.5) is 10.2 Å². The second-order valence-electron chi connectivity index (χ2n) is 6.18. The fraction of sp³-hybridized carbons (Fsp3) is 0.667. The number of nitrogens with one attached hydrogen (secondary N) is 2. The van der Waals surface area contributed by atoms with E-state index >= 15 is 0 Å². The van der Waals surface area contributed by atoms with Gasteiger partial charge in [0.25, 0.3) is 0 Å². The monoisotopic (exact) mass is 283 g/mol. The van der Waals surface area contributed by atoms with Gasteiger partial charge in [-0.1, -0.05) is 6.92 Å². The maximum Gasteiger partial charge on any atom is 0.169 e. The van der Waals surface area contributed by atoms with E-state index < -0.39 is 0 Å². The molecule has 114 valence electrons. The molecule has 0 spiro atoms. The van der Waals surface area contributed by atoms with Gasteiger partial charge >= 0.3 is 0 Å². The lowest BCUT2D eigenvalue weighted by Crippen LogP contribution is -2.35. The summed E-state index contributed by atoms with van der Waals surface area (Å²) in [6.07, 6.45) is 1.63. The third-order valence-electron chi connectivity index (χ3n) is 2.85. The van der Waals surface area contributed by atoms with E-state index in [0.717, 1.165) is 0 Å². The predicted molar refractivity (Wildman–Crippen MR) is 80.3 cm³/mol. The molecule has 1 atom stereocenters. The minimum absolute atomic E-state index is 0.0454. The number of halogens is 1. The Morgan fingerprint density at radius 3 is 2.70 bits per heavy atom. The number of hydrogen-bond acceptors (Lipinski definition) is 4. The number of anilines is 1.